The molecule has 4 rings (SSSR count). The molecule has 29 heavy (non-hydrogen) atoms. The van der Waals surface area contributed by atoms with Crippen LogP contribution in [0.3, 0.4) is 0 Å². The summed E-state index contributed by atoms with van der Waals surface area (Å²) >= 11 is 5.66. The lowest BCUT2D eigenvalue weighted by Gasteiger charge is -2.34. The van der Waals surface area contributed by atoms with Gasteiger partial charge in [0, 0.05) is 56.5 Å². The van der Waals surface area contributed by atoms with E-state index >= 15 is 0 Å². The summed E-state index contributed by atoms with van der Waals surface area (Å²) in [4.78, 5) is 41.5. The van der Waals surface area contributed by atoms with Crippen molar-refractivity contribution in [3.8, 4) is 22.8 Å². The average Bonchev–Trinajstić information content (AvgIpc) is 2.79. The second-order valence-electron chi connectivity index (χ2n) is 6.35. The fraction of sp³-hybridized carbons (Fsp3) is 0.278. The second-order valence-corrected chi connectivity index (χ2v) is 6.62. The smallest absolute Gasteiger partial charge is 0.237 e. The summed E-state index contributed by atoms with van der Waals surface area (Å²) in [6.45, 7) is 2.31. The highest BCUT2D eigenvalue weighted by Gasteiger charge is 2.23. The van der Waals surface area contributed by atoms with Crippen molar-refractivity contribution in [2.75, 3.05) is 42.7 Å². The maximum absolute atomic E-state index is 11.8. The number of amides is 1. The second kappa shape index (κ2) is 8.31. The number of carbonyl (C=O) groups excluding carboxylic acids is 1. The number of hydrogen-bond acceptors (Lipinski definition) is 9. The Labute approximate surface area is 171 Å². The monoisotopic (exact) mass is 411 g/mol. The van der Waals surface area contributed by atoms with Crippen LogP contribution in [0.2, 0.25) is 0 Å². The Hall–Kier alpha value is -3.40. The molecule has 1 aliphatic rings. The lowest BCUT2D eigenvalue weighted by Crippen LogP contribution is -2.49. The molecule has 3 aromatic heterocycles. The lowest BCUT2D eigenvalue weighted by atomic mass is 10.2. The Morgan fingerprint density at radius 2 is 1.59 bits per heavy atom. The first-order valence-corrected chi connectivity index (χ1v) is 9.50. The number of pyridine rings is 1. The van der Waals surface area contributed by atoms with Crippen LogP contribution in [0, 0.1) is 0 Å². The van der Waals surface area contributed by atoms with Crippen LogP contribution in [0.1, 0.15) is 0 Å². The third-order valence-corrected chi connectivity index (χ3v) is 4.75. The minimum Gasteiger partial charge on any atom is -0.368 e. The first-order valence-electron chi connectivity index (χ1n) is 8.97. The summed E-state index contributed by atoms with van der Waals surface area (Å²) in [7, 11) is 0. The topological polar surface area (TPSA) is 127 Å². The number of alkyl halides is 1. The molecule has 0 aromatic carbocycles. The molecular weight excluding hydrogens is 394 g/mol. The largest absolute Gasteiger partial charge is 0.368 e. The van der Waals surface area contributed by atoms with Gasteiger partial charge in [-0.05, 0) is 12.1 Å². The lowest BCUT2D eigenvalue weighted by molar-refractivity contribution is -0.128. The van der Waals surface area contributed by atoms with Crippen LogP contribution in [0.15, 0.2) is 36.9 Å². The van der Waals surface area contributed by atoms with Crippen molar-refractivity contribution < 1.29 is 4.79 Å². The number of carbonyl (C=O) groups is 1. The standard InChI is InChI=1S/C18H18ClN9O/c19-9-14(29)27-5-7-28(8-6-27)18-25-15(12-1-3-21-4-2-12)24-16(26-18)13-10-22-17(20)23-11-13/h1-4,10-11H,5-9H2,(H2,20,22,23). The van der Waals surface area contributed by atoms with E-state index in [9.17, 15) is 4.79 Å². The molecule has 3 aromatic rings. The third kappa shape index (κ3) is 4.21. The van der Waals surface area contributed by atoms with Crippen molar-refractivity contribution >= 4 is 29.4 Å². The average molecular weight is 412 g/mol. The Bertz CT molecular complexity index is 992. The summed E-state index contributed by atoms with van der Waals surface area (Å²) in [6, 6.07) is 3.67. The molecule has 1 saturated heterocycles. The highest BCUT2D eigenvalue weighted by atomic mass is 35.5. The summed E-state index contributed by atoms with van der Waals surface area (Å²) < 4.78 is 0. The number of aromatic nitrogens is 6. The number of nitrogens with zero attached hydrogens (tertiary/aromatic N) is 8. The molecule has 0 bridgehead atoms. The molecule has 4 heterocycles. The Morgan fingerprint density at radius 1 is 0.966 bits per heavy atom. The molecule has 1 aliphatic heterocycles. The molecule has 0 aliphatic carbocycles. The van der Waals surface area contributed by atoms with Crippen LogP contribution in [0.4, 0.5) is 11.9 Å². The highest BCUT2D eigenvalue weighted by Crippen LogP contribution is 2.23. The van der Waals surface area contributed by atoms with Gasteiger partial charge in [0.1, 0.15) is 5.88 Å². The number of nitrogens with two attached hydrogens (primary N) is 1. The Balaban J connectivity index is 1.69. The minimum atomic E-state index is -0.0702. The molecule has 0 unspecified atom stereocenters. The summed E-state index contributed by atoms with van der Waals surface area (Å²) in [5, 5.41) is 0. The van der Waals surface area contributed by atoms with Gasteiger partial charge in [-0.1, -0.05) is 0 Å². The predicted molar refractivity (Wildman–Crippen MR) is 108 cm³/mol. The predicted octanol–water partition coefficient (Wildman–Crippen LogP) is 0.860. The number of piperazine rings is 1. The van der Waals surface area contributed by atoms with Gasteiger partial charge in [-0.25, -0.2) is 15.0 Å². The van der Waals surface area contributed by atoms with Crippen LogP contribution < -0.4 is 10.6 Å². The van der Waals surface area contributed by atoms with Gasteiger partial charge in [0.2, 0.25) is 17.8 Å². The molecular formula is C18H18ClN9O. The maximum Gasteiger partial charge on any atom is 0.237 e. The van der Waals surface area contributed by atoms with Crippen molar-refractivity contribution in [3.05, 3.63) is 36.9 Å². The van der Waals surface area contributed by atoms with E-state index in [-0.39, 0.29) is 17.7 Å². The van der Waals surface area contributed by atoms with Crippen LogP contribution in [0.5, 0.6) is 0 Å². The number of hydrogen-bond donors (Lipinski definition) is 1. The number of halogens is 1. The van der Waals surface area contributed by atoms with E-state index in [4.69, 9.17) is 17.3 Å². The van der Waals surface area contributed by atoms with E-state index in [1.165, 1.54) is 0 Å². The fourth-order valence-electron chi connectivity index (χ4n) is 2.96. The van der Waals surface area contributed by atoms with Crippen molar-refractivity contribution in [1.82, 2.24) is 34.8 Å². The van der Waals surface area contributed by atoms with Crippen LogP contribution in [-0.4, -0.2) is 72.8 Å². The highest BCUT2D eigenvalue weighted by molar-refractivity contribution is 6.27. The zero-order valence-electron chi connectivity index (χ0n) is 15.4. The zero-order chi connectivity index (χ0) is 20.2. The van der Waals surface area contributed by atoms with E-state index in [1.807, 2.05) is 17.0 Å². The van der Waals surface area contributed by atoms with Gasteiger partial charge in [0.15, 0.2) is 11.6 Å². The number of nitrogen functional groups attached to an aromatic ring is 1. The molecule has 1 amide bonds. The van der Waals surface area contributed by atoms with Gasteiger partial charge >= 0.3 is 0 Å². The van der Waals surface area contributed by atoms with E-state index in [0.29, 0.717) is 49.3 Å². The normalized spacial score (nSPS) is 14.1. The molecule has 148 valence electrons. The van der Waals surface area contributed by atoms with Gasteiger partial charge in [-0.15, -0.1) is 11.6 Å². The summed E-state index contributed by atoms with van der Waals surface area (Å²) in [6.07, 6.45) is 6.52. The zero-order valence-corrected chi connectivity index (χ0v) is 16.2. The molecule has 0 atom stereocenters. The Kier molecular flexibility index (Phi) is 5.43. The first kappa shape index (κ1) is 18.9. The van der Waals surface area contributed by atoms with Crippen molar-refractivity contribution in [2.45, 2.75) is 0 Å². The maximum atomic E-state index is 11.8. The number of rotatable bonds is 4. The van der Waals surface area contributed by atoms with Crippen molar-refractivity contribution in [2.24, 2.45) is 0 Å². The van der Waals surface area contributed by atoms with Crippen LogP contribution >= 0.6 is 11.6 Å². The quantitative estimate of drug-likeness (QED) is 0.621. The van der Waals surface area contributed by atoms with Gasteiger partial charge in [-0.2, -0.15) is 9.97 Å². The van der Waals surface area contributed by atoms with E-state index in [1.54, 1.807) is 29.7 Å². The van der Waals surface area contributed by atoms with Crippen molar-refractivity contribution in [1.29, 1.82) is 0 Å². The molecule has 11 heteroatoms. The van der Waals surface area contributed by atoms with Crippen LogP contribution in [-0.2, 0) is 4.79 Å². The first-order chi connectivity index (χ1) is 14.1. The molecule has 0 radical (unpaired) electrons. The van der Waals surface area contributed by atoms with E-state index < -0.39 is 0 Å². The van der Waals surface area contributed by atoms with E-state index in [0.717, 1.165) is 5.56 Å². The van der Waals surface area contributed by atoms with Gasteiger partial charge in [0.05, 0.1) is 5.56 Å². The molecule has 0 spiro atoms. The van der Waals surface area contributed by atoms with Gasteiger partial charge in [0.25, 0.3) is 0 Å². The minimum absolute atomic E-state index is 0.0146. The SMILES string of the molecule is Nc1ncc(-c2nc(-c3ccncc3)nc(N3CCN(C(=O)CCl)CC3)n2)cn1. The summed E-state index contributed by atoms with van der Waals surface area (Å²) in [5.74, 6) is 1.58. The molecule has 10 nitrogen and oxygen atoms in total. The number of anilines is 2. The van der Waals surface area contributed by atoms with E-state index in [2.05, 4.69) is 29.9 Å². The van der Waals surface area contributed by atoms with Crippen molar-refractivity contribution in [3.63, 3.8) is 0 Å². The third-order valence-electron chi connectivity index (χ3n) is 4.52. The van der Waals surface area contributed by atoms with Gasteiger partial charge in [-0.3, -0.25) is 9.78 Å². The van der Waals surface area contributed by atoms with Crippen LogP contribution in [0.25, 0.3) is 22.8 Å². The summed E-state index contributed by atoms with van der Waals surface area (Å²) in [5.41, 5.74) is 7.04. The Morgan fingerprint density at radius 3 is 2.21 bits per heavy atom. The van der Waals surface area contributed by atoms with Gasteiger partial charge < -0.3 is 15.5 Å². The fourth-order valence-corrected chi connectivity index (χ4v) is 3.13. The molecule has 1 fully saturated rings. The molecule has 2 N–H and O–H groups in total. The molecule has 0 saturated carbocycles.